The van der Waals surface area contributed by atoms with Gasteiger partial charge in [-0.05, 0) is 84.4 Å². The van der Waals surface area contributed by atoms with Crippen molar-refractivity contribution in [2.75, 3.05) is 6.61 Å². The van der Waals surface area contributed by atoms with Crippen LogP contribution in [-0.2, 0) is 0 Å². The first-order valence-electron chi connectivity index (χ1n) is 14.1. The molecule has 0 amide bonds. The molecular weight excluding hydrogens is 469 g/mol. The van der Waals surface area contributed by atoms with Crippen LogP contribution in [0.3, 0.4) is 0 Å². The summed E-state index contributed by atoms with van der Waals surface area (Å²) in [4.78, 5) is 0. The van der Waals surface area contributed by atoms with Crippen LogP contribution in [0.5, 0.6) is 5.75 Å². The smallest absolute Gasteiger partial charge is 0.173 e. The minimum absolute atomic E-state index is 0.0157. The van der Waals surface area contributed by atoms with E-state index in [1.54, 1.807) is 18.2 Å². The van der Waals surface area contributed by atoms with E-state index in [1.807, 2.05) is 19.1 Å². The lowest BCUT2D eigenvalue weighted by Gasteiger charge is -2.29. The summed E-state index contributed by atoms with van der Waals surface area (Å²) in [7, 11) is 0. The molecule has 0 aromatic heterocycles. The van der Waals surface area contributed by atoms with Crippen LogP contribution in [-0.4, -0.2) is 6.61 Å². The second kappa shape index (κ2) is 11.3. The highest BCUT2D eigenvalue weighted by Gasteiger charge is 2.34. The third-order valence-electron chi connectivity index (χ3n) is 8.36. The monoisotopic (exact) mass is 506 g/mol. The topological polar surface area (TPSA) is 9.23 Å². The molecular formula is C33H37F3O. The van der Waals surface area contributed by atoms with Crippen molar-refractivity contribution >= 4 is 0 Å². The maximum Gasteiger partial charge on any atom is 0.173 e. The van der Waals surface area contributed by atoms with Crippen molar-refractivity contribution in [3.05, 3.63) is 65.5 Å². The first kappa shape index (κ1) is 25.9. The van der Waals surface area contributed by atoms with Gasteiger partial charge in [-0.1, -0.05) is 70.2 Å². The van der Waals surface area contributed by atoms with E-state index in [0.29, 0.717) is 29.2 Å². The molecule has 4 heteroatoms. The highest BCUT2D eigenvalue weighted by Crippen LogP contribution is 2.53. The van der Waals surface area contributed by atoms with Gasteiger partial charge in [-0.2, -0.15) is 0 Å². The van der Waals surface area contributed by atoms with Crippen LogP contribution in [0.25, 0.3) is 33.4 Å². The summed E-state index contributed by atoms with van der Waals surface area (Å²) in [6.45, 7) is 4.67. The zero-order valence-corrected chi connectivity index (χ0v) is 22.0. The van der Waals surface area contributed by atoms with Crippen LogP contribution >= 0.6 is 0 Å². The number of hydrogen-bond donors (Lipinski definition) is 0. The number of ether oxygens (including phenoxy) is 1. The molecule has 0 heterocycles. The Bertz CT molecular complexity index is 1240. The minimum Gasteiger partial charge on any atom is -0.490 e. The molecule has 2 aliphatic carbocycles. The second-order valence-electron chi connectivity index (χ2n) is 10.8. The van der Waals surface area contributed by atoms with Gasteiger partial charge in [0, 0.05) is 16.7 Å². The van der Waals surface area contributed by atoms with Crippen molar-refractivity contribution < 1.29 is 17.9 Å². The first-order chi connectivity index (χ1) is 18.0. The third kappa shape index (κ3) is 5.04. The Balaban J connectivity index is 1.32. The Labute approximate surface area is 219 Å². The van der Waals surface area contributed by atoms with E-state index in [4.69, 9.17) is 4.74 Å². The predicted octanol–water partition coefficient (Wildman–Crippen LogP) is 10.5. The second-order valence-corrected chi connectivity index (χ2v) is 10.8. The fourth-order valence-corrected chi connectivity index (χ4v) is 6.10. The molecule has 3 aromatic rings. The van der Waals surface area contributed by atoms with Crippen molar-refractivity contribution in [1.29, 1.82) is 0 Å². The lowest BCUT2D eigenvalue weighted by Crippen LogP contribution is -2.13. The van der Waals surface area contributed by atoms with Gasteiger partial charge in [-0.15, -0.1) is 0 Å². The van der Waals surface area contributed by atoms with Crippen molar-refractivity contribution in [1.82, 2.24) is 0 Å². The van der Waals surface area contributed by atoms with Gasteiger partial charge in [-0.3, -0.25) is 0 Å². The summed E-state index contributed by atoms with van der Waals surface area (Å²) in [5.74, 6) is -1.05. The average molecular weight is 507 g/mol. The summed E-state index contributed by atoms with van der Waals surface area (Å²) in [6, 6.07) is 12.9. The summed E-state index contributed by atoms with van der Waals surface area (Å²) < 4.78 is 51.0. The maximum atomic E-state index is 15.2. The van der Waals surface area contributed by atoms with Crippen molar-refractivity contribution in [3.8, 4) is 39.1 Å². The van der Waals surface area contributed by atoms with Gasteiger partial charge < -0.3 is 4.74 Å². The molecule has 0 saturated heterocycles. The number of halogens is 3. The highest BCUT2D eigenvalue weighted by molar-refractivity contribution is 6.05. The number of unbranched alkanes of at least 4 members (excludes halogenated alkanes) is 3. The van der Waals surface area contributed by atoms with E-state index in [-0.39, 0.29) is 22.4 Å². The average Bonchev–Trinajstić information content (AvgIpc) is 2.91. The van der Waals surface area contributed by atoms with Crippen molar-refractivity contribution in [3.63, 3.8) is 0 Å². The van der Waals surface area contributed by atoms with E-state index >= 15 is 13.2 Å². The summed E-state index contributed by atoms with van der Waals surface area (Å²) in [5, 5.41) is 0. The summed E-state index contributed by atoms with van der Waals surface area (Å²) in [5.41, 5.74) is 3.43. The van der Waals surface area contributed by atoms with Gasteiger partial charge in [0.15, 0.2) is 23.2 Å². The largest absolute Gasteiger partial charge is 0.490 e. The quantitative estimate of drug-likeness (QED) is 0.194. The van der Waals surface area contributed by atoms with Gasteiger partial charge in [0.25, 0.3) is 0 Å². The standard InChI is InChI=1S/C33H37F3O/c1-3-5-7-8-21-9-11-22(12-10-21)23-13-15-24(16-14-23)26-20-27-25-17-18-28(37-19-6-4-2)32(35)29(25)30(27)33(36)31(26)34/h13-18,20-22H,3-12,19H2,1-2H3. The summed E-state index contributed by atoms with van der Waals surface area (Å²) >= 11 is 0. The molecule has 1 saturated carbocycles. The van der Waals surface area contributed by atoms with Gasteiger partial charge in [-0.25, -0.2) is 13.2 Å². The molecule has 0 atom stereocenters. The fourth-order valence-electron chi connectivity index (χ4n) is 6.10. The maximum absolute atomic E-state index is 15.2. The third-order valence-corrected chi connectivity index (χ3v) is 8.36. The molecule has 196 valence electrons. The SMILES string of the molecule is CCCCCC1CCC(c2ccc(-c3cc4c(c(F)c3F)-c3c-4ccc(OCCCC)c3F)cc2)CC1. The van der Waals surface area contributed by atoms with Crippen LogP contribution in [0, 0.1) is 23.4 Å². The Kier molecular flexibility index (Phi) is 7.92. The van der Waals surface area contributed by atoms with E-state index in [0.717, 1.165) is 18.8 Å². The Hall–Kier alpha value is -2.75. The van der Waals surface area contributed by atoms with Crippen LogP contribution in [0.15, 0.2) is 42.5 Å². The van der Waals surface area contributed by atoms with Crippen LogP contribution in [0.4, 0.5) is 13.2 Å². The number of fused-ring (bicyclic) bond motifs is 4. The van der Waals surface area contributed by atoms with Crippen LogP contribution < -0.4 is 4.74 Å². The molecule has 1 fully saturated rings. The Morgan fingerprint density at radius 1 is 0.703 bits per heavy atom. The van der Waals surface area contributed by atoms with Gasteiger partial charge in [0.05, 0.1) is 6.61 Å². The first-order valence-corrected chi connectivity index (χ1v) is 14.1. The summed E-state index contributed by atoms with van der Waals surface area (Å²) in [6.07, 6.45) is 12.0. The number of benzene rings is 3. The predicted molar refractivity (Wildman–Crippen MR) is 145 cm³/mol. The zero-order chi connectivity index (χ0) is 25.9. The molecule has 0 bridgehead atoms. The van der Waals surface area contributed by atoms with E-state index < -0.39 is 17.5 Å². The molecule has 0 radical (unpaired) electrons. The molecule has 0 N–H and O–H groups in total. The van der Waals surface area contributed by atoms with Crippen molar-refractivity contribution in [2.45, 2.75) is 84.0 Å². The molecule has 2 aliphatic rings. The number of hydrogen-bond acceptors (Lipinski definition) is 1. The molecule has 0 aliphatic heterocycles. The highest BCUT2D eigenvalue weighted by atomic mass is 19.2. The molecule has 0 spiro atoms. The minimum atomic E-state index is -0.991. The van der Waals surface area contributed by atoms with Gasteiger partial charge in [0.1, 0.15) is 0 Å². The molecule has 37 heavy (non-hydrogen) atoms. The zero-order valence-electron chi connectivity index (χ0n) is 22.0. The van der Waals surface area contributed by atoms with Gasteiger partial charge >= 0.3 is 0 Å². The Morgan fingerprint density at radius 3 is 2.11 bits per heavy atom. The van der Waals surface area contributed by atoms with Gasteiger partial charge in [0.2, 0.25) is 0 Å². The van der Waals surface area contributed by atoms with E-state index in [1.165, 1.54) is 56.9 Å². The molecule has 3 aromatic carbocycles. The number of rotatable bonds is 10. The Morgan fingerprint density at radius 2 is 1.41 bits per heavy atom. The lowest BCUT2D eigenvalue weighted by atomic mass is 9.76. The van der Waals surface area contributed by atoms with Crippen LogP contribution in [0.2, 0.25) is 0 Å². The van der Waals surface area contributed by atoms with Crippen LogP contribution in [0.1, 0.15) is 89.5 Å². The van der Waals surface area contributed by atoms with Crippen molar-refractivity contribution in [2.24, 2.45) is 5.92 Å². The van der Waals surface area contributed by atoms with E-state index in [9.17, 15) is 0 Å². The molecule has 1 nitrogen and oxygen atoms in total. The normalized spacial score (nSPS) is 18.2. The molecule has 5 rings (SSSR count). The lowest BCUT2D eigenvalue weighted by molar-refractivity contribution is 0.294. The molecule has 0 unspecified atom stereocenters. The fraction of sp³-hybridized carbons (Fsp3) is 0.455. The van der Waals surface area contributed by atoms with E-state index in [2.05, 4.69) is 19.1 Å².